The second kappa shape index (κ2) is 5.11. The molecule has 1 atom stereocenters. The van der Waals surface area contributed by atoms with E-state index in [9.17, 15) is 4.79 Å². The number of rotatable bonds is 3. The molecule has 2 rings (SSSR count). The molecular formula is C15H21NO2. The van der Waals surface area contributed by atoms with Gasteiger partial charge in [0.2, 0.25) is 5.91 Å². The summed E-state index contributed by atoms with van der Waals surface area (Å²) in [6.45, 7) is 4.36. The van der Waals surface area contributed by atoms with Gasteiger partial charge in [-0.2, -0.15) is 0 Å². The molecule has 1 aromatic carbocycles. The van der Waals surface area contributed by atoms with Crippen molar-refractivity contribution in [3.8, 4) is 0 Å². The summed E-state index contributed by atoms with van der Waals surface area (Å²) in [6, 6.07) is 7.33. The average Bonchev–Trinajstić information content (AvgIpc) is 2.70. The highest BCUT2D eigenvalue weighted by Crippen LogP contribution is 2.42. The summed E-state index contributed by atoms with van der Waals surface area (Å²) < 4.78 is 0. The molecule has 0 spiro atoms. The SMILES string of the molecule is CC1(C)CCCC1C(=O)Nc1ccc(CO)cc1. The number of hydrogen-bond donors (Lipinski definition) is 2. The van der Waals surface area contributed by atoms with Crippen molar-refractivity contribution in [2.75, 3.05) is 5.32 Å². The largest absolute Gasteiger partial charge is 0.392 e. The van der Waals surface area contributed by atoms with Gasteiger partial charge in [0.15, 0.2) is 0 Å². The fourth-order valence-corrected chi connectivity index (χ4v) is 2.74. The first-order chi connectivity index (χ1) is 8.53. The van der Waals surface area contributed by atoms with Crippen LogP contribution in [-0.2, 0) is 11.4 Å². The third-order valence-electron chi connectivity index (χ3n) is 3.98. The lowest BCUT2D eigenvalue weighted by molar-refractivity contribution is -0.122. The highest BCUT2D eigenvalue weighted by molar-refractivity contribution is 5.93. The van der Waals surface area contributed by atoms with E-state index in [1.165, 1.54) is 0 Å². The van der Waals surface area contributed by atoms with Crippen molar-refractivity contribution >= 4 is 11.6 Å². The summed E-state index contributed by atoms with van der Waals surface area (Å²) in [4.78, 5) is 12.2. The topological polar surface area (TPSA) is 49.3 Å². The standard InChI is InChI=1S/C15H21NO2/c1-15(2)9-3-4-13(15)14(18)16-12-7-5-11(10-17)6-8-12/h5-8,13,17H,3-4,9-10H2,1-2H3,(H,16,18). The van der Waals surface area contributed by atoms with Gasteiger partial charge in [-0.3, -0.25) is 4.79 Å². The Balaban J connectivity index is 2.02. The number of carbonyl (C=O) groups excluding carboxylic acids is 1. The summed E-state index contributed by atoms with van der Waals surface area (Å²) in [5.41, 5.74) is 1.77. The van der Waals surface area contributed by atoms with Crippen LogP contribution in [0, 0.1) is 11.3 Å². The molecule has 3 nitrogen and oxygen atoms in total. The first-order valence-corrected chi connectivity index (χ1v) is 6.53. The minimum Gasteiger partial charge on any atom is -0.392 e. The Morgan fingerprint density at radius 3 is 2.56 bits per heavy atom. The second-order valence-corrected chi connectivity index (χ2v) is 5.78. The van der Waals surface area contributed by atoms with E-state index in [-0.39, 0.29) is 23.8 Å². The van der Waals surface area contributed by atoms with E-state index in [2.05, 4.69) is 19.2 Å². The van der Waals surface area contributed by atoms with Crippen LogP contribution in [0.5, 0.6) is 0 Å². The van der Waals surface area contributed by atoms with E-state index in [4.69, 9.17) is 5.11 Å². The van der Waals surface area contributed by atoms with Gasteiger partial charge < -0.3 is 10.4 Å². The third kappa shape index (κ3) is 2.72. The predicted octanol–water partition coefficient (Wildman–Crippen LogP) is 2.94. The van der Waals surface area contributed by atoms with E-state index < -0.39 is 0 Å². The third-order valence-corrected chi connectivity index (χ3v) is 3.98. The molecule has 1 aliphatic carbocycles. The van der Waals surface area contributed by atoms with Gasteiger partial charge in [0.1, 0.15) is 0 Å². The molecule has 0 bridgehead atoms. The molecular weight excluding hydrogens is 226 g/mol. The maximum atomic E-state index is 12.2. The van der Waals surface area contributed by atoms with Crippen molar-refractivity contribution in [1.29, 1.82) is 0 Å². The lowest BCUT2D eigenvalue weighted by atomic mass is 9.81. The molecule has 1 fully saturated rings. The van der Waals surface area contributed by atoms with Crippen LogP contribution in [0.3, 0.4) is 0 Å². The number of aliphatic hydroxyl groups excluding tert-OH is 1. The normalized spacial score (nSPS) is 21.8. The quantitative estimate of drug-likeness (QED) is 0.862. The van der Waals surface area contributed by atoms with Crippen LogP contribution in [0.15, 0.2) is 24.3 Å². The maximum Gasteiger partial charge on any atom is 0.228 e. The Kier molecular flexibility index (Phi) is 3.71. The van der Waals surface area contributed by atoms with Crippen LogP contribution >= 0.6 is 0 Å². The number of aliphatic hydroxyl groups is 1. The van der Waals surface area contributed by atoms with Crippen LogP contribution in [0.2, 0.25) is 0 Å². The Hall–Kier alpha value is -1.35. The number of amides is 1. The highest BCUT2D eigenvalue weighted by Gasteiger charge is 2.39. The zero-order valence-corrected chi connectivity index (χ0v) is 11.1. The molecule has 2 N–H and O–H groups in total. The number of carbonyl (C=O) groups is 1. The molecule has 98 valence electrons. The van der Waals surface area contributed by atoms with Crippen molar-refractivity contribution in [2.24, 2.45) is 11.3 Å². The van der Waals surface area contributed by atoms with E-state index in [0.717, 1.165) is 30.5 Å². The summed E-state index contributed by atoms with van der Waals surface area (Å²) in [5, 5.41) is 11.9. The van der Waals surface area contributed by atoms with E-state index >= 15 is 0 Å². The smallest absolute Gasteiger partial charge is 0.228 e. The van der Waals surface area contributed by atoms with Crippen molar-refractivity contribution < 1.29 is 9.90 Å². The van der Waals surface area contributed by atoms with Crippen LogP contribution in [-0.4, -0.2) is 11.0 Å². The van der Waals surface area contributed by atoms with Gasteiger partial charge in [0.05, 0.1) is 6.61 Å². The number of anilines is 1. The van der Waals surface area contributed by atoms with Gasteiger partial charge in [0, 0.05) is 11.6 Å². The fourth-order valence-electron chi connectivity index (χ4n) is 2.74. The zero-order valence-electron chi connectivity index (χ0n) is 11.1. The van der Waals surface area contributed by atoms with Crippen molar-refractivity contribution in [3.63, 3.8) is 0 Å². The minimum absolute atomic E-state index is 0.0316. The Morgan fingerprint density at radius 2 is 2.06 bits per heavy atom. The Morgan fingerprint density at radius 1 is 1.39 bits per heavy atom. The number of benzene rings is 1. The van der Waals surface area contributed by atoms with Gasteiger partial charge in [-0.05, 0) is 36.0 Å². The summed E-state index contributed by atoms with van der Waals surface area (Å²) >= 11 is 0. The lowest BCUT2D eigenvalue weighted by Crippen LogP contribution is -2.30. The average molecular weight is 247 g/mol. The highest BCUT2D eigenvalue weighted by atomic mass is 16.3. The minimum atomic E-state index is 0.0316. The number of hydrogen-bond acceptors (Lipinski definition) is 2. The predicted molar refractivity (Wildman–Crippen MR) is 72.1 cm³/mol. The Labute approximate surface area is 108 Å². The molecule has 3 heteroatoms. The number of nitrogens with one attached hydrogen (secondary N) is 1. The van der Waals surface area contributed by atoms with Gasteiger partial charge in [-0.1, -0.05) is 32.4 Å². The van der Waals surface area contributed by atoms with Crippen LogP contribution in [0.25, 0.3) is 0 Å². The van der Waals surface area contributed by atoms with Crippen LogP contribution in [0.1, 0.15) is 38.7 Å². The fraction of sp³-hybridized carbons (Fsp3) is 0.533. The van der Waals surface area contributed by atoms with E-state index in [1.54, 1.807) is 0 Å². The molecule has 18 heavy (non-hydrogen) atoms. The van der Waals surface area contributed by atoms with Crippen LogP contribution < -0.4 is 5.32 Å². The van der Waals surface area contributed by atoms with Gasteiger partial charge in [-0.25, -0.2) is 0 Å². The summed E-state index contributed by atoms with van der Waals surface area (Å²) in [6.07, 6.45) is 3.23. The molecule has 1 amide bonds. The molecule has 1 unspecified atom stereocenters. The summed E-state index contributed by atoms with van der Waals surface area (Å²) in [7, 11) is 0. The molecule has 0 radical (unpaired) electrons. The lowest BCUT2D eigenvalue weighted by Gasteiger charge is -2.25. The Bertz CT molecular complexity index is 423. The molecule has 1 aliphatic rings. The van der Waals surface area contributed by atoms with E-state index in [0.29, 0.717) is 0 Å². The van der Waals surface area contributed by atoms with Crippen molar-refractivity contribution in [3.05, 3.63) is 29.8 Å². The monoisotopic (exact) mass is 247 g/mol. The van der Waals surface area contributed by atoms with E-state index in [1.807, 2.05) is 24.3 Å². The molecule has 0 aliphatic heterocycles. The van der Waals surface area contributed by atoms with Gasteiger partial charge >= 0.3 is 0 Å². The molecule has 0 aromatic heterocycles. The van der Waals surface area contributed by atoms with Gasteiger partial charge in [0.25, 0.3) is 0 Å². The first kappa shape index (κ1) is 13.1. The molecule has 1 saturated carbocycles. The van der Waals surface area contributed by atoms with Crippen LogP contribution in [0.4, 0.5) is 5.69 Å². The zero-order chi connectivity index (χ0) is 13.2. The van der Waals surface area contributed by atoms with Gasteiger partial charge in [-0.15, -0.1) is 0 Å². The maximum absolute atomic E-state index is 12.2. The first-order valence-electron chi connectivity index (χ1n) is 6.53. The summed E-state index contributed by atoms with van der Waals surface area (Å²) in [5.74, 6) is 0.226. The molecule has 0 saturated heterocycles. The second-order valence-electron chi connectivity index (χ2n) is 5.78. The molecule has 0 heterocycles. The van der Waals surface area contributed by atoms with Crippen molar-refractivity contribution in [1.82, 2.24) is 0 Å². The molecule has 1 aromatic rings. The van der Waals surface area contributed by atoms with Crippen molar-refractivity contribution in [2.45, 2.75) is 39.7 Å².